The van der Waals surface area contributed by atoms with Crippen LogP contribution in [0.1, 0.15) is 5.56 Å². The molecule has 3 heterocycles. The molecule has 0 unspecified atom stereocenters. The van der Waals surface area contributed by atoms with Crippen LogP contribution < -0.4 is 14.8 Å². The van der Waals surface area contributed by atoms with Gasteiger partial charge in [0.05, 0.1) is 10.9 Å². The minimum absolute atomic E-state index is 0.289. The molecule has 0 fully saturated rings. The first-order valence-corrected chi connectivity index (χ1v) is 9.55. The Morgan fingerprint density at radius 3 is 2.90 bits per heavy atom. The highest BCUT2D eigenvalue weighted by Gasteiger charge is 2.07. The van der Waals surface area contributed by atoms with Crippen molar-refractivity contribution >= 4 is 27.5 Å². The van der Waals surface area contributed by atoms with E-state index >= 15 is 0 Å². The first-order valence-electron chi connectivity index (χ1n) is 9.55. The van der Waals surface area contributed by atoms with Gasteiger partial charge in [-0.2, -0.15) is 0 Å². The molecule has 5 rings (SSSR count). The summed E-state index contributed by atoms with van der Waals surface area (Å²) in [6, 6.07) is 17.7. The number of pyridine rings is 1. The summed E-state index contributed by atoms with van der Waals surface area (Å²) in [4.78, 5) is 15.9. The molecule has 0 aliphatic rings. The Morgan fingerprint density at radius 1 is 0.967 bits per heavy atom. The molecular formula is C23H19N5O2. The van der Waals surface area contributed by atoms with Gasteiger partial charge in [0.1, 0.15) is 18.7 Å². The van der Waals surface area contributed by atoms with Gasteiger partial charge in [-0.3, -0.25) is 4.98 Å². The molecule has 3 aromatic heterocycles. The number of aromatic nitrogens is 4. The van der Waals surface area contributed by atoms with Crippen molar-refractivity contribution < 1.29 is 9.47 Å². The molecule has 0 saturated heterocycles. The first-order chi connectivity index (χ1) is 14.8. The van der Waals surface area contributed by atoms with Crippen molar-refractivity contribution in [2.45, 2.75) is 6.61 Å². The Kier molecular flexibility index (Phi) is 4.83. The monoisotopic (exact) mass is 397 g/mol. The number of nitrogens with zero attached hydrogens (tertiary/aromatic N) is 3. The zero-order valence-corrected chi connectivity index (χ0v) is 16.1. The lowest BCUT2D eigenvalue weighted by Crippen LogP contribution is -2.10. The van der Waals surface area contributed by atoms with E-state index in [9.17, 15) is 0 Å². The van der Waals surface area contributed by atoms with Crippen molar-refractivity contribution in [3.05, 3.63) is 85.1 Å². The molecule has 0 bridgehead atoms. The average Bonchev–Trinajstić information content (AvgIpc) is 3.26. The van der Waals surface area contributed by atoms with Crippen LogP contribution in [0.15, 0.2) is 79.5 Å². The van der Waals surface area contributed by atoms with Crippen molar-refractivity contribution in [3.63, 3.8) is 0 Å². The van der Waals surface area contributed by atoms with E-state index in [0.717, 1.165) is 33.4 Å². The van der Waals surface area contributed by atoms with E-state index < -0.39 is 0 Å². The largest absolute Gasteiger partial charge is 0.489 e. The number of aromatic amines is 1. The molecule has 0 amide bonds. The van der Waals surface area contributed by atoms with Crippen LogP contribution in [0.3, 0.4) is 0 Å². The molecule has 0 aliphatic heterocycles. The number of ether oxygens (including phenoxy) is 2. The van der Waals surface area contributed by atoms with Gasteiger partial charge in [0.15, 0.2) is 6.73 Å². The Hall–Kier alpha value is -4.13. The van der Waals surface area contributed by atoms with Gasteiger partial charge in [0.2, 0.25) is 5.88 Å². The second kappa shape index (κ2) is 8.08. The number of fused-ring (bicyclic) bond motifs is 2. The van der Waals surface area contributed by atoms with Crippen molar-refractivity contribution in [1.29, 1.82) is 0 Å². The number of hydrogen-bond donors (Lipinski definition) is 2. The summed E-state index contributed by atoms with van der Waals surface area (Å²) in [6.45, 7) is 0.737. The maximum absolute atomic E-state index is 5.86. The molecule has 0 spiro atoms. The van der Waals surface area contributed by atoms with Gasteiger partial charge in [-0.15, -0.1) is 0 Å². The summed E-state index contributed by atoms with van der Waals surface area (Å²) in [7, 11) is 0. The molecule has 0 radical (unpaired) electrons. The third-order valence-electron chi connectivity index (χ3n) is 4.74. The Morgan fingerprint density at radius 2 is 1.97 bits per heavy atom. The van der Waals surface area contributed by atoms with Gasteiger partial charge in [0, 0.05) is 41.4 Å². The van der Waals surface area contributed by atoms with E-state index in [4.69, 9.17) is 9.47 Å². The average molecular weight is 397 g/mol. The molecule has 30 heavy (non-hydrogen) atoms. The van der Waals surface area contributed by atoms with E-state index in [1.807, 2.05) is 54.7 Å². The zero-order chi connectivity index (χ0) is 20.2. The topological polar surface area (TPSA) is 85.0 Å². The molecule has 0 saturated carbocycles. The molecule has 0 atom stereocenters. The van der Waals surface area contributed by atoms with Gasteiger partial charge >= 0.3 is 0 Å². The fraction of sp³-hybridized carbons (Fsp3) is 0.0870. The molecular weight excluding hydrogens is 378 g/mol. The summed E-state index contributed by atoms with van der Waals surface area (Å²) < 4.78 is 11.7. The molecule has 7 nitrogen and oxygen atoms in total. The summed E-state index contributed by atoms with van der Waals surface area (Å²) in [5, 5.41) is 5.25. The van der Waals surface area contributed by atoms with Crippen LogP contribution in [0.5, 0.6) is 11.6 Å². The van der Waals surface area contributed by atoms with Crippen LogP contribution in [0.2, 0.25) is 0 Å². The highest BCUT2D eigenvalue weighted by atomic mass is 16.5. The second-order valence-corrected chi connectivity index (χ2v) is 6.75. The number of nitrogens with one attached hydrogen (secondary N) is 2. The minimum Gasteiger partial charge on any atom is -0.489 e. The summed E-state index contributed by atoms with van der Waals surface area (Å²) in [5.74, 6) is 1.25. The first kappa shape index (κ1) is 17.9. The van der Waals surface area contributed by atoms with Gasteiger partial charge < -0.3 is 19.8 Å². The lowest BCUT2D eigenvalue weighted by molar-refractivity contribution is 0.306. The Bertz CT molecular complexity index is 1290. The van der Waals surface area contributed by atoms with Gasteiger partial charge in [-0.1, -0.05) is 12.1 Å². The number of anilines is 1. The zero-order valence-electron chi connectivity index (χ0n) is 16.1. The molecule has 7 heteroatoms. The van der Waals surface area contributed by atoms with Gasteiger partial charge in [0.25, 0.3) is 0 Å². The van der Waals surface area contributed by atoms with Crippen molar-refractivity contribution in [3.8, 4) is 11.6 Å². The van der Waals surface area contributed by atoms with E-state index in [2.05, 4.69) is 31.3 Å². The Labute approximate surface area is 172 Å². The van der Waals surface area contributed by atoms with E-state index in [-0.39, 0.29) is 6.73 Å². The number of benzene rings is 2. The maximum atomic E-state index is 5.86. The standard InChI is InChI=1S/C23H19N5O2/c1-2-16(12-24-8-1)13-29-19-5-6-20-22(11-19)26-14-27-23(20)30-15-28-18-4-3-17-7-9-25-21(17)10-18/h1-12,14,25,28H,13,15H2. The third kappa shape index (κ3) is 3.86. The van der Waals surface area contributed by atoms with Crippen molar-refractivity contribution in [1.82, 2.24) is 19.9 Å². The fourth-order valence-corrected chi connectivity index (χ4v) is 3.21. The maximum Gasteiger partial charge on any atom is 0.226 e. The van der Waals surface area contributed by atoms with Crippen LogP contribution in [0, 0.1) is 0 Å². The second-order valence-electron chi connectivity index (χ2n) is 6.75. The van der Waals surface area contributed by atoms with Crippen molar-refractivity contribution in [2.75, 3.05) is 12.0 Å². The van der Waals surface area contributed by atoms with Crippen LogP contribution in [-0.2, 0) is 6.61 Å². The summed E-state index contributed by atoms with van der Waals surface area (Å²) in [5.41, 5.74) is 3.81. The number of hydrogen-bond acceptors (Lipinski definition) is 6. The van der Waals surface area contributed by atoms with Crippen LogP contribution >= 0.6 is 0 Å². The number of H-pyrrole nitrogens is 1. The smallest absolute Gasteiger partial charge is 0.226 e. The highest BCUT2D eigenvalue weighted by Crippen LogP contribution is 2.26. The predicted octanol–water partition coefficient (Wildman–Crippen LogP) is 4.53. The fourth-order valence-electron chi connectivity index (χ4n) is 3.21. The lowest BCUT2D eigenvalue weighted by Gasteiger charge is -2.11. The normalized spacial score (nSPS) is 10.9. The summed E-state index contributed by atoms with van der Waals surface area (Å²) in [6.07, 6.45) is 6.95. The molecule has 5 aromatic rings. The SMILES string of the molecule is c1cncc(COc2ccc3c(OCNc4ccc5cc[nH]c5c4)ncnc3c2)c1. The van der Waals surface area contributed by atoms with Crippen LogP contribution in [-0.4, -0.2) is 26.7 Å². The predicted molar refractivity (Wildman–Crippen MR) is 116 cm³/mol. The quantitative estimate of drug-likeness (QED) is 0.393. The molecule has 0 aliphatic carbocycles. The van der Waals surface area contributed by atoms with Gasteiger partial charge in [-0.05, 0) is 41.8 Å². The van der Waals surface area contributed by atoms with E-state index in [0.29, 0.717) is 12.5 Å². The van der Waals surface area contributed by atoms with E-state index in [1.165, 1.54) is 11.7 Å². The molecule has 148 valence electrons. The van der Waals surface area contributed by atoms with Crippen LogP contribution in [0.4, 0.5) is 5.69 Å². The molecule has 2 N–H and O–H groups in total. The van der Waals surface area contributed by atoms with Gasteiger partial charge in [-0.25, -0.2) is 9.97 Å². The number of rotatable bonds is 7. The lowest BCUT2D eigenvalue weighted by atomic mass is 10.2. The highest BCUT2D eigenvalue weighted by molar-refractivity contribution is 5.84. The summed E-state index contributed by atoms with van der Waals surface area (Å²) >= 11 is 0. The minimum atomic E-state index is 0.289. The third-order valence-corrected chi connectivity index (χ3v) is 4.74. The molecule has 2 aromatic carbocycles. The van der Waals surface area contributed by atoms with E-state index in [1.54, 1.807) is 12.4 Å². The Balaban J connectivity index is 1.26. The van der Waals surface area contributed by atoms with Crippen molar-refractivity contribution in [2.24, 2.45) is 0 Å². The van der Waals surface area contributed by atoms with Crippen LogP contribution in [0.25, 0.3) is 21.8 Å².